The Morgan fingerprint density at radius 2 is 1.59 bits per heavy atom. The molecular formula is C21H31Cl2N3O3. The van der Waals surface area contributed by atoms with E-state index in [1.165, 1.54) is 0 Å². The maximum atomic E-state index is 12.9. The van der Waals surface area contributed by atoms with Gasteiger partial charge in [-0.05, 0) is 31.5 Å². The van der Waals surface area contributed by atoms with Gasteiger partial charge >= 0.3 is 0 Å². The van der Waals surface area contributed by atoms with E-state index in [1.54, 1.807) is 6.07 Å². The number of carbonyl (C=O) groups is 1. The van der Waals surface area contributed by atoms with Crippen LogP contribution in [-0.4, -0.2) is 80.4 Å². The number of hydrogen-bond acceptors (Lipinski definition) is 5. The molecule has 0 saturated carbocycles. The molecule has 0 spiro atoms. The van der Waals surface area contributed by atoms with Crippen molar-refractivity contribution in [2.45, 2.75) is 38.4 Å². The molecule has 0 bridgehead atoms. The smallest absolute Gasteiger partial charge is 0.222 e. The highest BCUT2D eigenvalue weighted by Crippen LogP contribution is 2.31. The van der Waals surface area contributed by atoms with Crippen LogP contribution in [0.3, 0.4) is 0 Å². The molecular weight excluding hydrogens is 413 g/mol. The van der Waals surface area contributed by atoms with E-state index in [-0.39, 0.29) is 24.0 Å². The second-order valence-electron chi connectivity index (χ2n) is 7.79. The average Bonchev–Trinajstić information content (AvgIpc) is 2.74. The van der Waals surface area contributed by atoms with Gasteiger partial charge in [-0.2, -0.15) is 0 Å². The Morgan fingerprint density at radius 1 is 1.00 bits per heavy atom. The Labute approximate surface area is 183 Å². The lowest BCUT2D eigenvalue weighted by atomic mass is 10.0. The molecule has 0 unspecified atom stereocenters. The van der Waals surface area contributed by atoms with Crippen molar-refractivity contribution in [2.24, 2.45) is 0 Å². The van der Waals surface area contributed by atoms with Gasteiger partial charge in [-0.15, -0.1) is 0 Å². The number of benzene rings is 1. The summed E-state index contributed by atoms with van der Waals surface area (Å²) in [6, 6.07) is 5.89. The molecule has 3 rings (SSSR count). The van der Waals surface area contributed by atoms with Crippen molar-refractivity contribution in [3.05, 3.63) is 33.8 Å². The summed E-state index contributed by atoms with van der Waals surface area (Å²) in [7, 11) is 0. The van der Waals surface area contributed by atoms with E-state index >= 15 is 0 Å². The van der Waals surface area contributed by atoms with E-state index in [0.29, 0.717) is 29.7 Å². The van der Waals surface area contributed by atoms with Crippen molar-refractivity contribution in [3.8, 4) is 0 Å². The molecule has 2 saturated heterocycles. The highest BCUT2D eigenvalue weighted by molar-refractivity contribution is 6.42. The monoisotopic (exact) mass is 443 g/mol. The van der Waals surface area contributed by atoms with Crippen LogP contribution in [0.1, 0.15) is 31.9 Å². The first-order valence-corrected chi connectivity index (χ1v) is 11.1. The summed E-state index contributed by atoms with van der Waals surface area (Å²) in [5, 5.41) is 4.24. The molecule has 1 amide bonds. The van der Waals surface area contributed by atoms with Crippen LogP contribution in [0.2, 0.25) is 10.0 Å². The highest BCUT2D eigenvalue weighted by Gasteiger charge is 2.28. The summed E-state index contributed by atoms with van der Waals surface area (Å²) in [5.41, 5.74) is 1.00. The minimum Gasteiger partial charge on any atom is -0.379 e. The zero-order chi connectivity index (χ0) is 20.8. The minimum absolute atomic E-state index is 0.0418. The van der Waals surface area contributed by atoms with Crippen LogP contribution in [0.15, 0.2) is 18.2 Å². The van der Waals surface area contributed by atoms with Crippen LogP contribution in [-0.2, 0) is 14.3 Å². The summed E-state index contributed by atoms with van der Waals surface area (Å²) >= 11 is 12.3. The average molecular weight is 444 g/mol. The Balaban J connectivity index is 1.66. The first kappa shape index (κ1) is 22.8. The summed E-state index contributed by atoms with van der Waals surface area (Å²) in [4.78, 5) is 17.6. The van der Waals surface area contributed by atoms with Crippen molar-refractivity contribution in [3.63, 3.8) is 0 Å². The standard InChI is InChI=1S/C21H31Cl2N3O3/c1-15(16(2)25-5-9-28-10-6-25)24-21(27)14-20(26-7-11-29-12-8-26)17-3-4-18(22)19(23)13-17/h3-4,13,15-16,20H,5-12,14H2,1-2H3,(H,24,27)/t15-,16+,20+/m0/s1. The lowest BCUT2D eigenvalue weighted by molar-refractivity contribution is -0.124. The largest absolute Gasteiger partial charge is 0.379 e. The van der Waals surface area contributed by atoms with Crippen molar-refractivity contribution in [1.82, 2.24) is 15.1 Å². The van der Waals surface area contributed by atoms with E-state index in [2.05, 4.69) is 29.0 Å². The number of ether oxygens (including phenoxy) is 2. The van der Waals surface area contributed by atoms with Crippen molar-refractivity contribution < 1.29 is 14.3 Å². The third-order valence-corrected chi connectivity index (χ3v) is 6.67. The van der Waals surface area contributed by atoms with E-state index < -0.39 is 0 Å². The fourth-order valence-electron chi connectivity index (χ4n) is 3.98. The van der Waals surface area contributed by atoms with Gasteiger partial charge in [0.15, 0.2) is 0 Å². The number of hydrogen-bond donors (Lipinski definition) is 1. The number of nitrogens with one attached hydrogen (secondary N) is 1. The van der Waals surface area contributed by atoms with Gasteiger partial charge in [-0.3, -0.25) is 14.6 Å². The van der Waals surface area contributed by atoms with Gasteiger partial charge in [0.25, 0.3) is 0 Å². The number of nitrogens with zero attached hydrogens (tertiary/aromatic N) is 2. The third kappa shape index (κ3) is 6.29. The SMILES string of the molecule is C[C@H](NC(=O)C[C@H](c1ccc(Cl)c(Cl)c1)N1CCOCC1)[C@@H](C)N1CCOCC1. The van der Waals surface area contributed by atoms with Gasteiger partial charge in [0.2, 0.25) is 5.91 Å². The van der Waals surface area contributed by atoms with Crippen LogP contribution < -0.4 is 5.32 Å². The van der Waals surface area contributed by atoms with Crippen LogP contribution in [0.4, 0.5) is 0 Å². The van der Waals surface area contributed by atoms with Gasteiger partial charge < -0.3 is 14.8 Å². The van der Waals surface area contributed by atoms with Crippen LogP contribution in [0, 0.1) is 0 Å². The molecule has 1 aromatic carbocycles. The summed E-state index contributed by atoms with van der Waals surface area (Å²) in [5.74, 6) is 0.0418. The lowest BCUT2D eigenvalue weighted by Gasteiger charge is -2.37. The molecule has 0 aliphatic carbocycles. The first-order valence-electron chi connectivity index (χ1n) is 10.3. The lowest BCUT2D eigenvalue weighted by Crippen LogP contribution is -2.52. The Hall–Kier alpha value is -0.890. The molecule has 6 nitrogen and oxygen atoms in total. The zero-order valence-corrected chi connectivity index (χ0v) is 18.7. The van der Waals surface area contributed by atoms with Gasteiger partial charge in [-0.25, -0.2) is 0 Å². The molecule has 8 heteroatoms. The summed E-state index contributed by atoms with van der Waals surface area (Å²) < 4.78 is 10.9. The molecule has 2 fully saturated rings. The molecule has 0 radical (unpaired) electrons. The molecule has 162 valence electrons. The van der Waals surface area contributed by atoms with Crippen LogP contribution >= 0.6 is 23.2 Å². The Bertz CT molecular complexity index is 679. The molecule has 3 atom stereocenters. The van der Waals surface area contributed by atoms with Gasteiger partial charge in [0, 0.05) is 50.7 Å². The van der Waals surface area contributed by atoms with Gasteiger partial charge in [0.05, 0.1) is 36.5 Å². The molecule has 2 aliphatic rings. The summed E-state index contributed by atoms with van der Waals surface area (Å²) in [6.45, 7) is 10.5. The fraction of sp³-hybridized carbons (Fsp3) is 0.667. The van der Waals surface area contributed by atoms with Crippen LogP contribution in [0.25, 0.3) is 0 Å². The number of carbonyl (C=O) groups excluding carboxylic acids is 1. The number of rotatable bonds is 7. The highest BCUT2D eigenvalue weighted by atomic mass is 35.5. The van der Waals surface area contributed by atoms with Crippen molar-refractivity contribution in [1.29, 1.82) is 0 Å². The minimum atomic E-state index is -0.0560. The topological polar surface area (TPSA) is 54.0 Å². The number of halogens is 2. The van der Waals surface area contributed by atoms with Crippen molar-refractivity contribution >= 4 is 29.1 Å². The molecule has 2 aliphatic heterocycles. The predicted molar refractivity (Wildman–Crippen MR) is 116 cm³/mol. The quantitative estimate of drug-likeness (QED) is 0.701. The second-order valence-corrected chi connectivity index (χ2v) is 8.60. The zero-order valence-electron chi connectivity index (χ0n) is 17.2. The molecule has 29 heavy (non-hydrogen) atoms. The summed E-state index contributed by atoms with van der Waals surface area (Å²) in [6.07, 6.45) is 0.373. The van der Waals surface area contributed by atoms with E-state index in [4.69, 9.17) is 32.7 Å². The molecule has 0 aromatic heterocycles. The maximum Gasteiger partial charge on any atom is 0.222 e. The third-order valence-electron chi connectivity index (χ3n) is 5.93. The maximum absolute atomic E-state index is 12.9. The van der Waals surface area contributed by atoms with Gasteiger partial charge in [0.1, 0.15) is 0 Å². The Morgan fingerprint density at radius 3 is 2.17 bits per heavy atom. The predicted octanol–water partition coefficient (Wildman–Crippen LogP) is 2.98. The van der Waals surface area contributed by atoms with E-state index in [9.17, 15) is 4.79 Å². The van der Waals surface area contributed by atoms with E-state index in [0.717, 1.165) is 45.0 Å². The van der Waals surface area contributed by atoms with E-state index in [1.807, 2.05) is 12.1 Å². The number of amides is 1. The van der Waals surface area contributed by atoms with Gasteiger partial charge in [-0.1, -0.05) is 29.3 Å². The fourth-order valence-corrected chi connectivity index (χ4v) is 4.28. The normalized spacial score (nSPS) is 22.1. The Kier molecular flexibility index (Phi) is 8.59. The molecule has 1 aromatic rings. The van der Waals surface area contributed by atoms with Crippen molar-refractivity contribution in [2.75, 3.05) is 52.6 Å². The second kappa shape index (κ2) is 10.9. The molecule has 1 N–H and O–H groups in total. The van der Waals surface area contributed by atoms with Crippen LogP contribution in [0.5, 0.6) is 0 Å². The molecule has 2 heterocycles. The first-order chi connectivity index (χ1) is 14.0. The number of morpholine rings is 2.